The van der Waals surface area contributed by atoms with Crippen LogP contribution in [-0.4, -0.2) is 68.0 Å². The normalized spacial score (nSPS) is 13.2. The first-order valence-electron chi connectivity index (χ1n) is 12.5. The highest BCUT2D eigenvalue weighted by Gasteiger charge is 2.23. The highest BCUT2D eigenvalue weighted by molar-refractivity contribution is 5.79. The molecule has 0 saturated carbocycles. The third kappa shape index (κ3) is 5.54. The molecule has 8 heteroatoms. The van der Waals surface area contributed by atoms with Crippen LogP contribution in [0.25, 0.3) is 22.4 Å². The van der Waals surface area contributed by atoms with E-state index in [-0.39, 0.29) is 12.5 Å². The molecule has 8 nitrogen and oxygen atoms in total. The van der Waals surface area contributed by atoms with Gasteiger partial charge >= 0.3 is 0 Å². The van der Waals surface area contributed by atoms with Crippen molar-refractivity contribution in [2.45, 2.75) is 0 Å². The predicted molar refractivity (Wildman–Crippen MR) is 147 cm³/mol. The fourth-order valence-electron chi connectivity index (χ4n) is 4.52. The maximum absolute atomic E-state index is 12.9. The summed E-state index contributed by atoms with van der Waals surface area (Å²) in [7, 11) is 3.25. The van der Waals surface area contributed by atoms with Gasteiger partial charge in [-0.05, 0) is 42.0 Å². The van der Waals surface area contributed by atoms with Crippen LogP contribution in [0.5, 0.6) is 17.2 Å². The van der Waals surface area contributed by atoms with Gasteiger partial charge < -0.3 is 24.0 Å². The number of rotatable bonds is 8. The van der Waals surface area contributed by atoms with Gasteiger partial charge in [0.1, 0.15) is 17.2 Å². The first-order chi connectivity index (χ1) is 18.7. The van der Waals surface area contributed by atoms with Crippen LogP contribution in [0.3, 0.4) is 0 Å². The Hall–Kier alpha value is -4.59. The van der Waals surface area contributed by atoms with Crippen molar-refractivity contribution >= 4 is 11.7 Å². The summed E-state index contributed by atoms with van der Waals surface area (Å²) in [6.07, 6.45) is 0. The van der Waals surface area contributed by atoms with E-state index in [0.29, 0.717) is 43.4 Å². The molecule has 0 bridgehead atoms. The van der Waals surface area contributed by atoms with Gasteiger partial charge in [-0.2, -0.15) is 0 Å². The first kappa shape index (κ1) is 25.1. The molecule has 1 fully saturated rings. The van der Waals surface area contributed by atoms with Crippen LogP contribution < -0.4 is 19.1 Å². The van der Waals surface area contributed by atoms with E-state index >= 15 is 0 Å². The molecule has 2 heterocycles. The van der Waals surface area contributed by atoms with Crippen LogP contribution >= 0.6 is 0 Å². The molecule has 0 spiro atoms. The Bertz CT molecular complexity index is 1370. The van der Waals surface area contributed by atoms with Crippen molar-refractivity contribution < 1.29 is 19.0 Å². The van der Waals surface area contributed by atoms with Gasteiger partial charge in [-0.1, -0.05) is 48.5 Å². The zero-order valence-corrected chi connectivity index (χ0v) is 21.5. The number of hydrogen-bond acceptors (Lipinski definition) is 7. The number of ether oxygens (including phenoxy) is 3. The number of benzene rings is 3. The highest BCUT2D eigenvalue weighted by atomic mass is 16.5. The Labute approximate surface area is 222 Å². The summed E-state index contributed by atoms with van der Waals surface area (Å²) in [5.41, 5.74) is 3.54. The molecule has 1 aromatic heterocycles. The Balaban J connectivity index is 1.18. The predicted octanol–water partition coefficient (Wildman–Crippen LogP) is 4.56. The van der Waals surface area contributed by atoms with E-state index in [2.05, 4.69) is 15.1 Å². The topological polar surface area (TPSA) is 77.0 Å². The number of nitrogens with zero attached hydrogens (tertiary/aromatic N) is 4. The maximum Gasteiger partial charge on any atom is 0.260 e. The Morgan fingerprint density at radius 2 is 1.53 bits per heavy atom. The fourth-order valence-corrected chi connectivity index (χ4v) is 4.52. The van der Waals surface area contributed by atoms with Crippen LogP contribution in [0.15, 0.2) is 84.9 Å². The highest BCUT2D eigenvalue weighted by Crippen LogP contribution is 2.33. The molecule has 0 N–H and O–H groups in total. The van der Waals surface area contributed by atoms with Crippen molar-refractivity contribution in [3.63, 3.8) is 0 Å². The number of carbonyl (C=O) groups excluding carboxylic acids is 1. The fraction of sp³-hybridized carbons (Fsp3) is 0.233. The third-order valence-electron chi connectivity index (χ3n) is 6.61. The largest absolute Gasteiger partial charge is 0.497 e. The molecule has 1 aliphatic rings. The minimum absolute atomic E-state index is 0.000715. The number of anilines is 1. The van der Waals surface area contributed by atoms with Crippen LogP contribution in [0.2, 0.25) is 0 Å². The number of hydrogen-bond donors (Lipinski definition) is 0. The molecule has 3 aromatic carbocycles. The Morgan fingerprint density at radius 1 is 0.763 bits per heavy atom. The lowest BCUT2D eigenvalue weighted by molar-refractivity contribution is -0.133. The second-order valence-electron chi connectivity index (χ2n) is 8.86. The molecular weight excluding hydrogens is 480 g/mol. The number of aromatic nitrogens is 2. The summed E-state index contributed by atoms with van der Waals surface area (Å²) in [4.78, 5) is 16.9. The molecule has 1 saturated heterocycles. The van der Waals surface area contributed by atoms with Crippen molar-refractivity contribution in [3.8, 4) is 39.6 Å². The minimum Gasteiger partial charge on any atom is -0.497 e. The smallest absolute Gasteiger partial charge is 0.260 e. The van der Waals surface area contributed by atoms with Gasteiger partial charge in [-0.25, -0.2) is 0 Å². The van der Waals surface area contributed by atoms with E-state index in [1.807, 2.05) is 89.8 Å². The van der Waals surface area contributed by atoms with Crippen molar-refractivity contribution in [3.05, 3.63) is 84.9 Å². The number of amides is 1. The van der Waals surface area contributed by atoms with Crippen molar-refractivity contribution in [1.29, 1.82) is 0 Å². The summed E-state index contributed by atoms with van der Waals surface area (Å²) < 4.78 is 16.8. The molecule has 194 valence electrons. The lowest BCUT2D eigenvalue weighted by atomic mass is 10.1. The van der Waals surface area contributed by atoms with Crippen LogP contribution in [0, 0.1) is 0 Å². The monoisotopic (exact) mass is 510 g/mol. The minimum atomic E-state index is -0.0286. The summed E-state index contributed by atoms with van der Waals surface area (Å²) in [6.45, 7) is 2.53. The molecule has 38 heavy (non-hydrogen) atoms. The van der Waals surface area contributed by atoms with E-state index in [1.54, 1.807) is 14.2 Å². The standard InChI is InChI=1S/C30H30N4O4/c1-36-23-12-14-27(37-2)25(20-23)26-13-15-29(32-31-26)33-16-18-34(19-17-33)30(35)21-38-28-11-7-6-10-24(28)22-8-4-3-5-9-22/h3-15,20H,16-19,21H2,1-2H3. The number of carbonyl (C=O) groups is 1. The van der Waals surface area contributed by atoms with Crippen LogP contribution in [-0.2, 0) is 4.79 Å². The summed E-state index contributed by atoms with van der Waals surface area (Å²) >= 11 is 0. The van der Waals surface area contributed by atoms with E-state index in [1.165, 1.54) is 0 Å². The molecule has 0 radical (unpaired) electrons. The van der Waals surface area contributed by atoms with Crippen molar-refractivity contribution in [1.82, 2.24) is 15.1 Å². The second kappa shape index (κ2) is 11.6. The summed E-state index contributed by atoms with van der Waals surface area (Å²) in [6, 6.07) is 27.3. The maximum atomic E-state index is 12.9. The molecule has 0 unspecified atom stereocenters. The lowest BCUT2D eigenvalue weighted by Gasteiger charge is -2.35. The van der Waals surface area contributed by atoms with Gasteiger partial charge in [0.2, 0.25) is 0 Å². The number of para-hydroxylation sites is 1. The van der Waals surface area contributed by atoms with Crippen LogP contribution in [0.4, 0.5) is 5.82 Å². The second-order valence-corrected chi connectivity index (χ2v) is 8.86. The molecule has 1 aliphatic heterocycles. The third-order valence-corrected chi connectivity index (χ3v) is 6.61. The average Bonchev–Trinajstić information content (AvgIpc) is 3.00. The zero-order valence-electron chi connectivity index (χ0n) is 21.5. The lowest BCUT2D eigenvalue weighted by Crippen LogP contribution is -2.50. The zero-order chi connectivity index (χ0) is 26.3. The van der Waals surface area contributed by atoms with E-state index in [4.69, 9.17) is 14.2 Å². The van der Waals surface area contributed by atoms with Crippen LogP contribution in [0.1, 0.15) is 0 Å². The Morgan fingerprint density at radius 3 is 2.24 bits per heavy atom. The molecule has 0 atom stereocenters. The Kier molecular flexibility index (Phi) is 7.68. The van der Waals surface area contributed by atoms with Gasteiger partial charge in [0.25, 0.3) is 5.91 Å². The van der Waals surface area contributed by atoms with E-state index < -0.39 is 0 Å². The molecule has 0 aliphatic carbocycles. The SMILES string of the molecule is COc1ccc(OC)c(-c2ccc(N3CCN(C(=O)COc4ccccc4-c4ccccc4)CC3)nn2)c1. The first-order valence-corrected chi connectivity index (χ1v) is 12.5. The quantitative estimate of drug-likeness (QED) is 0.344. The van der Waals surface area contributed by atoms with Crippen molar-refractivity contribution in [2.75, 3.05) is 51.9 Å². The molecule has 5 rings (SSSR count). The van der Waals surface area contributed by atoms with Gasteiger partial charge in [0, 0.05) is 37.3 Å². The summed E-state index contributed by atoms with van der Waals surface area (Å²) in [5, 5.41) is 8.88. The molecular formula is C30H30N4O4. The number of methoxy groups -OCH3 is 2. The van der Waals surface area contributed by atoms with E-state index in [9.17, 15) is 4.79 Å². The molecule has 1 amide bonds. The van der Waals surface area contributed by atoms with E-state index in [0.717, 1.165) is 28.3 Å². The van der Waals surface area contributed by atoms with Crippen molar-refractivity contribution in [2.24, 2.45) is 0 Å². The van der Waals surface area contributed by atoms with Gasteiger partial charge in [0.05, 0.1) is 19.9 Å². The summed E-state index contributed by atoms with van der Waals surface area (Å²) in [5.74, 6) is 2.87. The number of piperazine rings is 1. The van der Waals surface area contributed by atoms with Gasteiger partial charge in [-0.3, -0.25) is 4.79 Å². The molecule has 4 aromatic rings. The van der Waals surface area contributed by atoms with Gasteiger partial charge in [-0.15, -0.1) is 10.2 Å². The van der Waals surface area contributed by atoms with Gasteiger partial charge in [0.15, 0.2) is 12.4 Å². The average molecular weight is 511 g/mol.